The monoisotopic (exact) mass is 1080 g/mol. The van der Waals surface area contributed by atoms with Crippen LogP contribution in [0.15, 0.2) is 0 Å². The van der Waals surface area contributed by atoms with Crippen molar-refractivity contribution in [2.45, 2.75) is 263 Å². The van der Waals surface area contributed by atoms with E-state index in [1.54, 1.807) is 34.6 Å². The van der Waals surface area contributed by atoms with Crippen LogP contribution in [-0.4, -0.2) is 134 Å². The van der Waals surface area contributed by atoms with Crippen LogP contribution in [0, 0.1) is 17.2 Å². The maximum Gasteiger partial charge on any atom is 0.338 e. The maximum atomic E-state index is 14.1. The molecule has 3 saturated heterocycles. The number of nitriles is 1. The van der Waals surface area contributed by atoms with Crippen LogP contribution in [0.5, 0.6) is 0 Å². The molecule has 0 aromatic rings. The molecular weight excluding hydrogens is 986 g/mol. The zero-order valence-corrected chi connectivity index (χ0v) is 51.3. The van der Waals surface area contributed by atoms with Gasteiger partial charge in [0.05, 0.1) is 69.4 Å². The molecule has 0 aromatic heterocycles. The highest BCUT2D eigenvalue weighted by atomic mass is 31.2. The van der Waals surface area contributed by atoms with Crippen molar-refractivity contribution in [2.24, 2.45) is 5.92 Å². The molecule has 21 heteroatoms. The van der Waals surface area contributed by atoms with Gasteiger partial charge in [0.25, 0.3) is 0 Å². The summed E-state index contributed by atoms with van der Waals surface area (Å²) >= 11 is 0. The molecule has 0 saturated carbocycles. The molecule has 1 spiro atoms. The normalized spacial score (nSPS) is 29.0. The third-order valence-electron chi connectivity index (χ3n) is 15.5. The molecule has 17 nitrogen and oxygen atoms in total. The Bertz CT molecular complexity index is 1900. The van der Waals surface area contributed by atoms with Crippen molar-refractivity contribution in [2.75, 3.05) is 26.5 Å². The number of hydrogen-bond donors (Lipinski definition) is 1. The van der Waals surface area contributed by atoms with Crippen LogP contribution in [0.3, 0.4) is 0 Å². The van der Waals surface area contributed by atoms with Gasteiger partial charge in [0.1, 0.15) is 17.9 Å². The van der Waals surface area contributed by atoms with E-state index in [1.807, 2.05) is 0 Å². The summed E-state index contributed by atoms with van der Waals surface area (Å²) in [5, 5.41) is 20.4. The van der Waals surface area contributed by atoms with E-state index in [4.69, 9.17) is 50.7 Å². The van der Waals surface area contributed by atoms with Gasteiger partial charge in [-0.25, -0.2) is 0 Å². The number of aliphatic carboxylic acids is 1. The van der Waals surface area contributed by atoms with Gasteiger partial charge >= 0.3 is 19.5 Å². The maximum absolute atomic E-state index is 14.1. The van der Waals surface area contributed by atoms with Gasteiger partial charge in [-0.15, -0.1) is 0 Å². The topological polar surface area (TPSA) is 214 Å². The van der Waals surface area contributed by atoms with Crippen LogP contribution >= 0.6 is 7.60 Å². The van der Waals surface area contributed by atoms with Crippen molar-refractivity contribution >= 4 is 50.3 Å². The molecule has 10 atom stereocenters. The molecule has 3 fully saturated rings. The van der Waals surface area contributed by atoms with Gasteiger partial charge in [-0.1, -0.05) is 62.3 Å². The number of rotatable bonds is 23. The number of Topliss-reactive ketones (excluding diaryl/α,β-unsaturated/α-hetero) is 1. The summed E-state index contributed by atoms with van der Waals surface area (Å²) in [5.41, 5.74) is -1.37. The molecule has 3 heterocycles. The highest BCUT2D eigenvalue weighted by Crippen LogP contribution is 2.51. The van der Waals surface area contributed by atoms with Crippen LogP contribution in [0.4, 0.5) is 0 Å². The molecule has 3 aliphatic rings. The SMILES string of the molecule is CCOP(=O)(CC(=O)C[C@@H]1O[C@@]2(C[C@H](O[Si](C)(C)C(C)(C)C)[C@H]1C(=O)OC)C[C@H]([C@@H](CC[C@]1(C#N)C[C@H](C[C@H](CC(=O)O)O[Si](C)(C)C(C)(C)C)OC(C)(C)O1)O[Si](C)(C)C(C)(C)C)O[C@H](C)O2)OCC. The second-order valence-electron chi connectivity index (χ2n) is 25.0. The lowest BCUT2D eigenvalue weighted by Crippen LogP contribution is -2.63. The molecule has 0 radical (unpaired) electrons. The minimum absolute atomic E-state index is 0.0689. The number of hydrogen-bond acceptors (Lipinski definition) is 16. The van der Waals surface area contributed by atoms with Crippen LogP contribution in [0.25, 0.3) is 0 Å². The molecule has 71 heavy (non-hydrogen) atoms. The minimum Gasteiger partial charge on any atom is -0.481 e. The Morgan fingerprint density at radius 2 is 1.38 bits per heavy atom. The first-order chi connectivity index (χ1) is 32.1. The van der Waals surface area contributed by atoms with E-state index >= 15 is 0 Å². The smallest absolute Gasteiger partial charge is 0.338 e. The van der Waals surface area contributed by atoms with Crippen LogP contribution in [0.1, 0.15) is 148 Å². The lowest BCUT2D eigenvalue weighted by atomic mass is 9.82. The van der Waals surface area contributed by atoms with E-state index in [-0.39, 0.29) is 73.3 Å². The number of methoxy groups -OCH3 is 1. The Kier molecular flexibility index (Phi) is 21.5. The standard InChI is InChI=1S/C50H94NO16PSi3/c1-22-58-68(56,59-23-2)32-35(52)26-39-43(44(55)57-15)41(66-71(20,21)47(10,11)12)31-50(63-39)30-40(60-34(3)61-50)38(65-70(18,19)46(7,8)9)24-25-49(33-51)29-37(62-48(13,14)67-49)27-36(28-42(53)54)64-69(16,17)45(4,5)6/h34,36-41,43H,22-32H2,1-21H3,(H,53,54)/t34-,36+,37-,38+,39-,40+,41-,43-,49+,50+/m0/s1. The number of carboxylic acids is 1. The second kappa shape index (κ2) is 23.9. The number of ketones is 1. The molecule has 3 rings (SSSR count). The average Bonchev–Trinajstić information content (AvgIpc) is 3.16. The number of esters is 1. The van der Waals surface area contributed by atoms with Crippen molar-refractivity contribution in [3.8, 4) is 6.07 Å². The molecule has 0 aliphatic carbocycles. The van der Waals surface area contributed by atoms with Crippen molar-refractivity contribution in [1.82, 2.24) is 0 Å². The summed E-state index contributed by atoms with van der Waals surface area (Å²) in [4.78, 5) is 40.2. The quantitative estimate of drug-likeness (QED) is 0.0572. The average molecular weight is 1080 g/mol. The Balaban J connectivity index is 2.15. The van der Waals surface area contributed by atoms with E-state index in [0.717, 1.165) is 0 Å². The number of ether oxygens (including phenoxy) is 6. The Labute approximate surface area is 430 Å². The van der Waals surface area contributed by atoms with Crippen molar-refractivity contribution in [3.05, 3.63) is 0 Å². The van der Waals surface area contributed by atoms with Gasteiger partial charge in [0.2, 0.25) is 0 Å². The van der Waals surface area contributed by atoms with Gasteiger partial charge in [0, 0.05) is 25.7 Å². The Morgan fingerprint density at radius 1 is 0.831 bits per heavy atom. The molecular formula is C50H94NO16PSi3. The highest BCUT2D eigenvalue weighted by molar-refractivity contribution is 7.54. The van der Waals surface area contributed by atoms with Crippen molar-refractivity contribution in [3.63, 3.8) is 0 Å². The highest BCUT2D eigenvalue weighted by Gasteiger charge is 2.59. The predicted octanol–water partition coefficient (Wildman–Crippen LogP) is 11.3. The van der Waals surface area contributed by atoms with E-state index < -0.39 is 122 Å². The van der Waals surface area contributed by atoms with Crippen molar-refractivity contribution < 1.29 is 74.8 Å². The van der Waals surface area contributed by atoms with Gasteiger partial charge in [-0.05, 0) is 108 Å². The van der Waals surface area contributed by atoms with Crippen LogP contribution in [0.2, 0.25) is 54.4 Å². The largest absolute Gasteiger partial charge is 0.481 e. The van der Waals surface area contributed by atoms with Crippen LogP contribution < -0.4 is 0 Å². The fourth-order valence-electron chi connectivity index (χ4n) is 9.04. The summed E-state index contributed by atoms with van der Waals surface area (Å²) in [6.07, 6.45) is -5.34. The zero-order valence-electron chi connectivity index (χ0n) is 47.4. The summed E-state index contributed by atoms with van der Waals surface area (Å²) in [6, 6.07) is 2.51. The lowest BCUT2D eigenvalue weighted by Gasteiger charge is -2.54. The van der Waals surface area contributed by atoms with Gasteiger partial charge in [0.15, 0.2) is 48.4 Å². The summed E-state index contributed by atoms with van der Waals surface area (Å²) in [5.74, 6) is -5.82. The zero-order chi connectivity index (χ0) is 54.6. The molecule has 3 aliphatic heterocycles. The van der Waals surface area contributed by atoms with Gasteiger partial charge in [-0.3, -0.25) is 18.9 Å². The first-order valence-electron chi connectivity index (χ1n) is 25.7. The third-order valence-corrected chi connectivity index (χ3v) is 31.0. The summed E-state index contributed by atoms with van der Waals surface area (Å²) < 4.78 is 84.6. The van der Waals surface area contributed by atoms with Gasteiger partial charge in [-0.2, -0.15) is 5.26 Å². The Hall–Kier alpha value is -1.42. The number of carbonyl (C=O) groups is 3. The van der Waals surface area contributed by atoms with Gasteiger partial charge < -0.3 is 55.9 Å². The molecule has 1 N–H and O–H groups in total. The lowest BCUT2D eigenvalue weighted by molar-refractivity contribution is -0.397. The minimum atomic E-state index is -3.82. The number of nitrogens with zero attached hydrogens (tertiary/aromatic N) is 1. The predicted molar refractivity (Wildman–Crippen MR) is 278 cm³/mol. The third kappa shape index (κ3) is 17.3. The molecule has 412 valence electrons. The molecule has 0 unspecified atom stereocenters. The summed E-state index contributed by atoms with van der Waals surface area (Å²) in [7, 11) is -10.2. The first kappa shape index (κ1) is 63.9. The van der Waals surface area contributed by atoms with Crippen LogP contribution in [-0.2, 0) is 69.7 Å². The Morgan fingerprint density at radius 3 is 1.87 bits per heavy atom. The molecule has 0 amide bonds. The number of carboxylic acid groups (broad SMARTS) is 1. The second-order valence-corrected chi connectivity index (χ2v) is 41.3. The molecule has 0 aromatic carbocycles. The van der Waals surface area contributed by atoms with E-state index in [1.165, 1.54) is 7.11 Å². The fraction of sp³-hybridized carbons (Fsp3) is 0.920. The van der Waals surface area contributed by atoms with E-state index in [0.29, 0.717) is 6.42 Å². The summed E-state index contributed by atoms with van der Waals surface area (Å²) in [6.45, 7) is 40.5. The van der Waals surface area contributed by atoms with E-state index in [9.17, 15) is 29.3 Å². The fourth-order valence-corrected chi connectivity index (χ4v) is 14.7. The number of carbonyl (C=O) groups excluding carboxylic acids is 2. The van der Waals surface area contributed by atoms with Crippen molar-refractivity contribution in [1.29, 1.82) is 5.26 Å². The first-order valence-corrected chi connectivity index (χ1v) is 36.1. The van der Waals surface area contributed by atoms with E-state index in [2.05, 4.69) is 108 Å². The molecule has 0 bridgehead atoms.